The number of halogens is 1. The average Bonchev–Trinajstić information content (AvgIpc) is 2.77. The number of thioether (sulfide) groups is 1. The molecule has 6 nitrogen and oxygen atoms in total. The standard InChI is InChI=1S/C23H29FN2O4S/c1-15(2)21(26-22(27)16-12-18(29-3)14-19(13-16)30-4)23(28)25-10-5-11-31-20-8-6-17(24)7-9-20/h6-9,12-15,21H,5,10-11H2,1-4H3,(H,25,28)(H,26,27). The van der Waals surface area contributed by atoms with Gasteiger partial charge in [0.15, 0.2) is 0 Å². The Balaban J connectivity index is 1.87. The fourth-order valence-electron chi connectivity index (χ4n) is 2.81. The molecule has 2 aromatic carbocycles. The molecule has 0 saturated heterocycles. The van der Waals surface area contributed by atoms with E-state index in [1.165, 1.54) is 26.4 Å². The van der Waals surface area contributed by atoms with Crippen LogP contribution in [-0.4, -0.2) is 44.4 Å². The van der Waals surface area contributed by atoms with E-state index >= 15 is 0 Å². The van der Waals surface area contributed by atoms with Gasteiger partial charge in [-0.3, -0.25) is 9.59 Å². The van der Waals surface area contributed by atoms with E-state index in [9.17, 15) is 14.0 Å². The van der Waals surface area contributed by atoms with Gasteiger partial charge in [0.05, 0.1) is 14.2 Å². The first-order valence-electron chi connectivity index (χ1n) is 10.0. The number of nitrogens with one attached hydrogen (secondary N) is 2. The molecule has 1 atom stereocenters. The number of carbonyl (C=O) groups is 2. The van der Waals surface area contributed by atoms with Gasteiger partial charge in [-0.15, -0.1) is 11.8 Å². The predicted octanol–water partition coefficient (Wildman–Crippen LogP) is 3.90. The molecule has 0 heterocycles. The van der Waals surface area contributed by atoms with Gasteiger partial charge in [-0.1, -0.05) is 13.8 Å². The average molecular weight is 449 g/mol. The lowest BCUT2D eigenvalue weighted by atomic mass is 10.0. The van der Waals surface area contributed by atoms with Gasteiger partial charge in [-0.25, -0.2) is 4.39 Å². The van der Waals surface area contributed by atoms with Crippen LogP contribution in [0.25, 0.3) is 0 Å². The van der Waals surface area contributed by atoms with Crippen molar-refractivity contribution in [1.82, 2.24) is 10.6 Å². The Bertz CT molecular complexity index is 852. The number of ether oxygens (including phenoxy) is 2. The highest BCUT2D eigenvalue weighted by molar-refractivity contribution is 7.99. The molecular formula is C23H29FN2O4S. The summed E-state index contributed by atoms with van der Waals surface area (Å²) in [6, 6.07) is 10.5. The fraction of sp³-hybridized carbons (Fsp3) is 0.391. The van der Waals surface area contributed by atoms with Crippen LogP contribution in [0.5, 0.6) is 11.5 Å². The number of carbonyl (C=O) groups excluding carboxylic acids is 2. The van der Waals surface area contributed by atoms with E-state index in [0.717, 1.165) is 17.1 Å². The first-order valence-corrected chi connectivity index (χ1v) is 11.0. The molecule has 0 bridgehead atoms. The van der Waals surface area contributed by atoms with E-state index in [1.54, 1.807) is 42.1 Å². The summed E-state index contributed by atoms with van der Waals surface area (Å²) < 4.78 is 23.3. The molecular weight excluding hydrogens is 419 g/mol. The zero-order valence-electron chi connectivity index (χ0n) is 18.2. The van der Waals surface area contributed by atoms with Crippen molar-refractivity contribution in [3.63, 3.8) is 0 Å². The number of hydrogen-bond acceptors (Lipinski definition) is 5. The molecule has 2 aromatic rings. The van der Waals surface area contributed by atoms with E-state index in [0.29, 0.717) is 23.6 Å². The van der Waals surface area contributed by atoms with Gasteiger partial charge in [0.2, 0.25) is 5.91 Å². The van der Waals surface area contributed by atoms with E-state index in [-0.39, 0.29) is 23.5 Å². The summed E-state index contributed by atoms with van der Waals surface area (Å²) in [5.41, 5.74) is 0.352. The van der Waals surface area contributed by atoms with Crippen molar-refractivity contribution in [2.24, 2.45) is 5.92 Å². The molecule has 0 aliphatic rings. The Kier molecular flexibility index (Phi) is 9.65. The van der Waals surface area contributed by atoms with Gasteiger partial charge in [0.25, 0.3) is 5.91 Å². The van der Waals surface area contributed by atoms with Crippen molar-refractivity contribution in [3.05, 3.63) is 53.8 Å². The SMILES string of the molecule is COc1cc(OC)cc(C(=O)NC(C(=O)NCCCSc2ccc(F)cc2)C(C)C)c1. The molecule has 2 amide bonds. The summed E-state index contributed by atoms with van der Waals surface area (Å²) in [5, 5.41) is 5.69. The van der Waals surface area contributed by atoms with Crippen LogP contribution in [-0.2, 0) is 4.79 Å². The maximum atomic E-state index is 12.9. The highest BCUT2D eigenvalue weighted by Gasteiger charge is 2.24. The van der Waals surface area contributed by atoms with Gasteiger partial charge in [0.1, 0.15) is 23.4 Å². The maximum absolute atomic E-state index is 12.9. The topological polar surface area (TPSA) is 76.7 Å². The second kappa shape index (κ2) is 12.2. The smallest absolute Gasteiger partial charge is 0.252 e. The Morgan fingerprint density at radius 3 is 2.19 bits per heavy atom. The molecule has 2 rings (SSSR count). The molecule has 168 valence electrons. The highest BCUT2D eigenvalue weighted by atomic mass is 32.2. The summed E-state index contributed by atoms with van der Waals surface area (Å²) in [6.07, 6.45) is 0.750. The normalized spacial score (nSPS) is 11.7. The summed E-state index contributed by atoms with van der Waals surface area (Å²) in [4.78, 5) is 26.4. The third kappa shape index (κ3) is 7.79. The van der Waals surface area contributed by atoms with E-state index < -0.39 is 6.04 Å². The molecule has 0 saturated carbocycles. The van der Waals surface area contributed by atoms with E-state index in [1.807, 2.05) is 13.8 Å². The van der Waals surface area contributed by atoms with E-state index in [2.05, 4.69) is 10.6 Å². The van der Waals surface area contributed by atoms with Crippen molar-refractivity contribution < 1.29 is 23.5 Å². The third-order valence-electron chi connectivity index (χ3n) is 4.55. The minimum atomic E-state index is -0.672. The summed E-state index contributed by atoms with van der Waals surface area (Å²) >= 11 is 1.60. The Hall–Kier alpha value is -2.74. The minimum absolute atomic E-state index is 0.0926. The molecule has 31 heavy (non-hydrogen) atoms. The first-order chi connectivity index (χ1) is 14.8. The fourth-order valence-corrected chi connectivity index (χ4v) is 3.67. The zero-order valence-corrected chi connectivity index (χ0v) is 19.1. The van der Waals surface area contributed by atoms with Crippen LogP contribution in [0.3, 0.4) is 0 Å². The largest absolute Gasteiger partial charge is 0.497 e. The van der Waals surface area contributed by atoms with Crippen molar-refractivity contribution in [1.29, 1.82) is 0 Å². The second-order valence-corrected chi connectivity index (χ2v) is 8.41. The molecule has 0 radical (unpaired) electrons. The molecule has 8 heteroatoms. The molecule has 0 aliphatic carbocycles. The van der Waals surface area contributed by atoms with Crippen LogP contribution in [0.15, 0.2) is 47.4 Å². The third-order valence-corrected chi connectivity index (χ3v) is 5.65. The number of methoxy groups -OCH3 is 2. The molecule has 2 N–H and O–H groups in total. The number of benzene rings is 2. The number of hydrogen-bond donors (Lipinski definition) is 2. The molecule has 0 aliphatic heterocycles. The Morgan fingerprint density at radius 2 is 1.65 bits per heavy atom. The van der Waals surface area contributed by atoms with E-state index in [4.69, 9.17) is 9.47 Å². The van der Waals surface area contributed by atoms with Crippen LogP contribution in [0.1, 0.15) is 30.6 Å². The monoisotopic (exact) mass is 448 g/mol. The second-order valence-electron chi connectivity index (χ2n) is 7.24. The summed E-state index contributed by atoms with van der Waals surface area (Å²) in [6.45, 7) is 4.24. The van der Waals surface area contributed by atoms with Gasteiger partial charge >= 0.3 is 0 Å². The van der Waals surface area contributed by atoms with Gasteiger partial charge in [0, 0.05) is 23.1 Å². The lowest BCUT2D eigenvalue weighted by Gasteiger charge is -2.22. The molecule has 0 aromatic heterocycles. The summed E-state index contributed by atoms with van der Waals surface area (Å²) in [7, 11) is 3.02. The van der Waals surface area contributed by atoms with Gasteiger partial charge in [-0.05, 0) is 54.5 Å². The first kappa shape index (κ1) is 24.5. The minimum Gasteiger partial charge on any atom is -0.497 e. The van der Waals surface area contributed by atoms with Gasteiger partial charge < -0.3 is 20.1 Å². The molecule has 0 spiro atoms. The van der Waals surface area contributed by atoms with Crippen molar-refractivity contribution in [2.45, 2.75) is 31.2 Å². The van der Waals surface area contributed by atoms with Crippen molar-refractivity contribution in [3.8, 4) is 11.5 Å². The van der Waals surface area contributed by atoms with Crippen molar-refractivity contribution in [2.75, 3.05) is 26.5 Å². The highest BCUT2D eigenvalue weighted by Crippen LogP contribution is 2.23. The van der Waals surface area contributed by atoms with Crippen LogP contribution in [0.2, 0.25) is 0 Å². The van der Waals surface area contributed by atoms with Gasteiger partial charge in [-0.2, -0.15) is 0 Å². The lowest BCUT2D eigenvalue weighted by molar-refractivity contribution is -0.123. The molecule has 1 unspecified atom stereocenters. The predicted molar refractivity (Wildman–Crippen MR) is 120 cm³/mol. The van der Waals surface area contributed by atoms with Crippen LogP contribution >= 0.6 is 11.8 Å². The zero-order chi connectivity index (χ0) is 22.8. The number of rotatable bonds is 11. The van der Waals surface area contributed by atoms with Crippen LogP contribution in [0, 0.1) is 11.7 Å². The Labute approximate surface area is 186 Å². The molecule has 0 fully saturated rings. The lowest BCUT2D eigenvalue weighted by Crippen LogP contribution is -2.49. The Morgan fingerprint density at radius 1 is 1.03 bits per heavy atom. The van der Waals surface area contributed by atoms with Crippen molar-refractivity contribution >= 4 is 23.6 Å². The quantitative estimate of drug-likeness (QED) is 0.403. The van der Waals surface area contributed by atoms with Crippen LogP contribution < -0.4 is 20.1 Å². The number of amides is 2. The maximum Gasteiger partial charge on any atom is 0.252 e. The summed E-state index contributed by atoms with van der Waals surface area (Å²) in [5.74, 6) is 0.815. The van der Waals surface area contributed by atoms with Crippen LogP contribution in [0.4, 0.5) is 4.39 Å².